The third-order valence-corrected chi connectivity index (χ3v) is 3.79. The monoisotopic (exact) mass is 409 g/mol. The number of likely N-dealkylation sites (N-methyl/N-ethyl adjacent to an activating group) is 1. The number of halogens is 1. The second-order valence-electron chi connectivity index (χ2n) is 4.94. The first-order valence-electron chi connectivity index (χ1n) is 6.71. The number of ether oxygens (including phenoxy) is 1. The molecule has 1 atom stereocenters. The number of amides is 1. The third kappa shape index (κ3) is 4.07. The SMILES string of the molecule is CN(C)C(=O)[C@@H](OC(=O)c1ccc(I)cc1)c1ccccc1. The van der Waals surface area contributed by atoms with Crippen LogP contribution in [0.25, 0.3) is 0 Å². The van der Waals surface area contributed by atoms with E-state index in [1.807, 2.05) is 30.3 Å². The Labute approximate surface area is 143 Å². The fraction of sp³-hybridized carbons (Fsp3) is 0.176. The predicted octanol–water partition coefficient (Wildman–Crippen LogP) is 3.28. The molecule has 0 saturated heterocycles. The summed E-state index contributed by atoms with van der Waals surface area (Å²) in [5, 5.41) is 0. The van der Waals surface area contributed by atoms with Crippen LogP contribution < -0.4 is 0 Å². The molecular weight excluding hydrogens is 393 g/mol. The van der Waals surface area contributed by atoms with Gasteiger partial charge in [0.2, 0.25) is 6.10 Å². The minimum Gasteiger partial charge on any atom is -0.444 e. The van der Waals surface area contributed by atoms with Gasteiger partial charge in [-0.15, -0.1) is 0 Å². The van der Waals surface area contributed by atoms with Gasteiger partial charge >= 0.3 is 5.97 Å². The predicted molar refractivity (Wildman–Crippen MR) is 92.5 cm³/mol. The maximum Gasteiger partial charge on any atom is 0.339 e. The number of benzene rings is 2. The highest BCUT2D eigenvalue weighted by atomic mass is 127. The van der Waals surface area contributed by atoms with E-state index in [0.717, 1.165) is 3.57 Å². The summed E-state index contributed by atoms with van der Waals surface area (Å²) < 4.78 is 6.48. The molecule has 0 radical (unpaired) electrons. The molecule has 0 N–H and O–H groups in total. The number of rotatable bonds is 4. The van der Waals surface area contributed by atoms with Crippen molar-refractivity contribution < 1.29 is 14.3 Å². The molecule has 5 heteroatoms. The van der Waals surface area contributed by atoms with Gasteiger partial charge in [0.05, 0.1) is 5.56 Å². The Morgan fingerprint density at radius 2 is 1.59 bits per heavy atom. The topological polar surface area (TPSA) is 46.6 Å². The molecule has 1 amide bonds. The minimum atomic E-state index is -0.942. The highest BCUT2D eigenvalue weighted by Gasteiger charge is 2.26. The Hall–Kier alpha value is -1.89. The van der Waals surface area contributed by atoms with E-state index >= 15 is 0 Å². The first-order chi connectivity index (χ1) is 10.5. The standard InChI is InChI=1S/C17H16INO3/c1-19(2)16(20)15(12-6-4-3-5-7-12)22-17(21)13-8-10-14(18)11-9-13/h3-11,15H,1-2H3/t15-/m0/s1. The molecule has 0 unspecified atom stereocenters. The quantitative estimate of drug-likeness (QED) is 0.575. The van der Waals surface area contributed by atoms with E-state index in [4.69, 9.17) is 4.74 Å². The number of nitrogens with zero attached hydrogens (tertiary/aromatic N) is 1. The van der Waals surface area contributed by atoms with Gasteiger partial charge in [-0.1, -0.05) is 30.3 Å². The van der Waals surface area contributed by atoms with E-state index in [1.54, 1.807) is 38.4 Å². The third-order valence-electron chi connectivity index (χ3n) is 3.07. The van der Waals surface area contributed by atoms with Crippen LogP contribution in [0.1, 0.15) is 22.0 Å². The van der Waals surface area contributed by atoms with Crippen LogP contribution >= 0.6 is 22.6 Å². The van der Waals surface area contributed by atoms with Gasteiger partial charge < -0.3 is 9.64 Å². The average molecular weight is 409 g/mol. The molecule has 0 aliphatic rings. The lowest BCUT2D eigenvalue weighted by molar-refractivity contribution is -0.138. The summed E-state index contributed by atoms with van der Waals surface area (Å²) in [6.07, 6.45) is -0.942. The van der Waals surface area contributed by atoms with Crippen molar-refractivity contribution in [3.8, 4) is 0 Å². The van der Waals surface area contributed by atoms with Gasteiger partial charge in [-0.3, -0.25) is 4.79 Å². The zero-order chi connectivity index (χ0) is 16.1. The molecule has 114 valence electrons. The first-order valence-corrected chi connectivity index (χ1v) is 7.79. The maximum absolute atomic E-state index is 12.3. The van der Waals surface area contributed by atoms with E-state index in [0.29, 0.717) is 11.1 Å². The lowest BCUT2D eigenvalue weighted by Gasteiger charge is -2.21. The molecule has 4 nitrogen and oxygen atoms in total. The molecule has 2 aromatic rings. The molecule has 0 saturated carbocycles. The van der Waals surface area contributed by atoms with Crippen molar-refractivity contribution in [3.05, 3.63) is 69.3 Å². The Morgan fingerprint density at radius 3 is 2.14 bits per heavy atom. The van der Waals surface area contributed by atoms with Crippen molar-refractivity contribution in [2.24, 2.45) is 0 Å². The van der Waals surface area contributed by atoms with Crippen LogP contribution in [0.5, 0.6) is 0 Å². The van der Waals surface area contributed by atoms with E-state index in [9.17, 15) is 9.59 Å². The summed E-state index contributed by atoms with van der Waals surface area (Å²) in [5.74, 6) is -0.787. The summed E-state index contributed by atoms with van der Waals surface area (Å²) in [5.41, 5.74) is 1.08. The van der Waals surface area contributed by atoms with Crippen molar-refractivity contribution >= 4 is 34.5 Å². The maximum atomic E-state index is 12.3. The number of carbonyl (C=O) groups is 2. The largest absolute Gasteiger partial charge is 0.444 e. The molecule has 0 aromatic heterocycles. The van der Waals surface area contributed by atoms with Crippen molar-refractivity contribution in [2.75, 3.05) is 14.1 Å². The van der Waals surface area contributed by atoms with Gasteiger partial charge in [-0.25, -0.2) is 4.79 Å². The molecular formula is C17H16INO3. The van der Waals surface area contributed by atoms with Gasteiger partial charge in [-0.2, -0.15) is 0 Å². The average Bonchev–Trinajstić information content (AvgIpc) is 2.53. The van der Waals surface area contributed by atoms with E-state index < -0.39 is 12.1 Å². The number of hydrogen-bond acceptors (Lipinski definition) is 3. The van der Waals surface area contributed by atoms with E-state index in [-0.39, 0.29) is 5.91 Å². The molecule has 0 heterocycles. The highest BCUT2D eigenvalue weighted by Crippen LogP contribution is 2.21. The summed E-state index contributed by atoms with van der Waals surface area (Å²) in [7, 11) is 3.27. The van der Waals surface area contributed by atoms with Gasteiger partial charge in [0.25, 0.3) is 5.91 Å². The van der Waals surface area contributed by atoms with Crippen molar-refractivity contribution in [1.29, 1.82) is 0 Å². The molecule has 0 fully saturated rings. The lowest BCUT2D eigenvalue weighted by atomic mass is 10.1. The van der Waals surface area contributed by atoms with Gasteiger partial charge in [-0.05, 0) is 46.9 Å². The fourth-order valence-corrected chi connectivity index (χ4v) is 2.24. The highest BCUT2D eigenvalue weighted by molar-refractivity contribution is 14.1. The van der Waals surface area contributed by atoms with E-state index in [1.165, 1.54) is 4.90 Å². The molecule has 2 aromatic carbocycles. The fourth-order valence-electron chi connectivity index (χ4n) is 1.88. The minimum absolute atomic E-state index is 0.273. The van der Waals surface area contributed by atoms with Crippen molar-refractivity contribution in [3.63, 3.8) is 0 Å². The van der Waals surface area contributed by atoms with Crippen LogP contribution in [0.3, 0.4) is 0 Å². The molecule has 0 spiro atoms. The van der Waals surface area contributed by atoms with Crippen LogP contribution in [0.4, 0.5) is 0 Å². The Balaban J connectivity index is 2.25. The van der Waals surface area contributed by atoms with Gasteiger partial charge in [0.15, 0.2) is 0 Å². The second kappa shape index (κ2) is 7.40. The van der Waals surface area contributed by atoms with Gasteiger partial charge in [0, 0.05) is 23.2 Å². The molecule has 0 aliphatic heterocycles. The first kappa shape index (κ1) is 16.5. The van der Waals surface area contributed by atoms with Crippen LogP contribution in [0.15, 0.2) is 54.6 Å². The number of hydrogen-bond donors (Lipinski definition) is 0. The van der Waals surface area contributed by atoms with Crippen LogP contribution in [0.2, 0.25) is 0 Å². The lowest BCUT2D eigenvalue weighted by Crippen LogP contribution is -2.31. The Morgan fingerprint density at radius 1 is 1.00 bits per heavy atom. The zero-order valence-corrected chi connectivity index (χ0v) is 14.5. The molecule has 0 bridgehead atoms. The molecule has 22 heavy (non-hydrogen) atoms. The smallest absolute Gasteiger partial charge is 0.339 e. The summed E-state index contributed by atoms with van der Waals surface area (Å²) >= 11 is 2.16. The van der Waals surface area contributed by atoms with Crippen molar-refractivity contribution in [2.45, 2.75) is 6.10 Å². The molecule has 2 rings (SSSR count). The number of carbonyl (C=O) groups excluding carboxylic acids is 2. The van der Waals surface area contributed by atoms with Crippen LogP contribution in [-0.4, -0.2) is 30.9 Å². The summed E-state index contributed by atoms with van der Waals surface area (Å²) in [6.45, 7) is 0. The van der Waals surface area contributed by atoms with Crippen LogP contribution in [-0.2, 0) is 9.53 Å². The number of esters is 1. The normalized spacial score (nSPS) is 11.6. The van der Waals surface area contributed by atoms with Gasteiger partial charge in [0.1, 0.15) is 0 Å². The Kier molecular flexibility index (Phi) is 5.54. The molecule has 0 aliphatic carbocycles. The summed E-state index contributed by atoms with van der Waals surface area (Å²) in [4.78, 5) is 26.0. The summed E-state index contributed by atoms with van der Waals surface area (Å²) in [6, 6.07) is 16.0. The second-order valence-corrected chi connectivity index (χ2v) is 6.18. The van der Waals surface area contributed by atoms with Crippen molar-refractivity contribution in [1.82, 2.24) is 4.90 Å². The van der Waals surface area contributed by atoms with E-state index in [2.05, 4.69) is 22.6 Å². The van der Waals surface area contributed by atoms with Crippen LogP contribution in [0, 0.1) is 3.57 Å². The Bertz CT molecular complexity index is 653. The zero-order valence-electron chi connectivity index (χ0n) is 12.3.